The van der Waals surface area contributed by atoms with E-state index in [1.54, 1.807) is 10.9 Å². The second kappa shape index (κ2) is 5.01. The topological polar surface area (TPSA) is 78.2 Å². The van der Waals surface area contributed by atoms with Gasteiger partial charge in [-0.05, 0) is 23.7 Å². The zero-order valence-electron chi connectivity index (χ0n) is 14.4. The zero-order valence-corrected chi connectivity index (χ0v) is 15.2. The molecule has 0 N–H and O–H groups in total. The molecule has 0 unspecified atom stereocenters. The van der Waals surface area contributed by atoms with Crippen molar-refractivity contribution in [2.24, 2.45) is 0 Å². The van der Waals surface area contributed by atoms with E-state index in [2.05, 4.69) is 46.3 Å². The molecule has 0 aliphatic rings. The SMILES string of the molecule is CC(C)(C)c1cn(-c2nnc3c4ccccc4n4c(Cl)ncc4n23)nn1. The maximum absolute atomic E-state index is 6.34. The summed E-state index contributed by atoms with van der Waals surface area (Å²) in [5, 5.41) is 18.6. The molecule has 0 saturated carbocycles. The van der Waals surface area contributed by atoms with Crippen molar-refractivity contribution in [1.29, 1.82) is 0 Å². The molecular weight excluding hydrogens is 352 g/mol. The molecule has 0 aliphatic heterocycles. The highest BCUT2D eigenvalue weighted by atomic mass is 35.5. The molecule has 130 valence electrons. The minimum Gasteiger partial charge on any atom is -0.268 e. The lowest BCUT2D eigenvalue weighted by molar-refractivity contribution is 0.566. The number of halogens is 1. The number of rotatable bonds is 1. The lowest BCUT2D eigenvalue weighted by atomic mass is 9.93. The summed E-state index contributed by atoms with van der Waals surface area (Å²) in [5.74, 6) is 0.537. The highest BCUT2D eigenvalue weighted by molar-refractivity contribution is 6.29. The van der Waals surface area contributed by atoms with E-state index < -0.39 is 0 Å². The van der Waals surface area contributed by atoms with E-state index in [4.69, 9.17) is 11.6 Å². The first-order valence-corrected chi connectivity index (χ1v) is 8.55. The summed E-state index contributed by atoms with van der Waals surface area (Å²) >= 11 is 6.34. The highest BCUT2D eigenvalue weighted by Gasteiger charge is 2.22. The van der Waals surface area contributed by atoms with E-state index in [-0.39, 0.29) is 5.41 Å². The van der Waals surface area contributed by atoms with Gasteiger partial charge in [0.05, 0.1) is 23.6 Å². The highest BCUT2D eigenvalue weighted by Crippen LogP contribution is 2.27. The molecule has 0 atom stereocenters. The van der Waals surface area contributed by atoms with Gasteiger partial charge in [-0.2, -0.15) is 4.68 Å². The summed E-state index contributed by atoms with van der Waals surface area (Å²) in [5.41, 5.74) is 3.16. The Morgan fingerprint density at radius 3 is 2.58 bits per heavy atom. The van der Waals surface area contributed by atoms with Crippen LogP contribution in [-0.4, -0.2) is 39.0 Å². The van der Waals surface area contributed by atoms with Crippen molar-refractivity contribution in [3.63, 3.8) is 0 Å². The molecule has 5 rings (SSSR count). The van der Waals surface area contributed by atoms with Gasteiger partial charge in [0.2, 0.25) is 5.28 Å². The number of benzene rings is 1. The Balaban J connectivity index is 1.90. The van der Waals surface area contributed by atoms with Crippen LogP contribution in [0, 0.1) is 0 Å². The Labute approximate surface area is 153 Å². The lowest BCUT2D eigenvalue weighted by Gasteiger charge is -2.12. The third kappa shape index (κ3) is 1.99. The van der Waals surface area contributed by atoms with E-state index in [0.717, 1.165) is 22.2 Å². The number of nitrogens with zero attached hydrogens (tertiary/aromatic N) is 8. The lowest BCUT2D eigenvalue weighted by Crippen LogP contribution is -2.11. The fraction of sp³-hybridized carbons (Fsp3) is 0.235. The van der Waals surface area contributed by atoms with E-state index in [9.17, 15) is 0 Å². The molecule has 4 heterocycles. The molecule has 4 aromatic heterocycles. The minimum absolute atomic E-state index is 0.110. The number of para-hydroxylation sites is 1. The van der Waals surface area contributed by atoms with E-state index in [0.29, 0.717) is 16.9 Å². The Kier molecular flexibility index (Phi) is 2.94. The van der Waals surface area contributed by atoms with Crippen LogP contribution in [-0.2, 0) is 5.41 Å². The van der Waals surface area contributed by atoms with Gasteiger partial charge in [0.15, 0.2) is 5.65 Å². The van der Waals surface area contributed by atoms with Gasteiger partial charge >= 0.3 is 0 Å². The van der Waals surface area contributed by atoms with Crippen LogP contribution in [0.1, 0.15) is 26.5 Å². The average molecular weight is 367 g/mol. The summed E-state index contributed by atoms with van der Waals surface area (Å²) in [6.07, 6.45) is 3.58. The first-order valence-electron chi connectivity index (χ1n) is 8.17. The van der Waals surface area contributed by atoms with Crippen LogP contribution in [0.25, 0.3) is 28.1 Å². The van der Waals surface area contributed by atoms with E-state index in [1.165, 1.54) is 0 Å². The van der Waals surface area contributed by atoms with Crippen LogP contribution in [0.4, 0.5) is 0 Å². The van der Waals surface area contributed by atoms with Gasteiger partial charge < -0.3 is 0 Å². The monoisotopic (exact) mass is 366 g/mol. The Hall–Kier alpha value is -3.00. The minimum atomic E-state index is -0.110. The van der Waals surface area contributed by atoms with Crippen LogP contribution in [0.3, 0.4) is 0 Å². The number of hydrogen-bond donors (Lipinski definition) is 0. The summed E-state index contributed by atoms with van der Waals surface area (Å²) in [6.45, 7) is 6.27. The largest absolute Gasteiger partial charge is 0.268 e. The maximum atomic E-state index is 6.34. The molecule has 0 amide bonds. The molecule has 0 radical (unpaired) electrons. The molecule has 8 nitrogen and oxygen atoms in total. The number of aromatic nitrogens is 8. The van der Waals surface area contributed by atoms with Crippen molar-refractivity contribution in [2.45, 2.75) is 26.2 Å². The quantitative estimate of drug-likeness (QED) is 0.455. The second-order valence-electron chi connectivity index (χ2n) is 7.20. The van der Waals surface area contributed by atoms with Gasteiger partial charge in [-0.1, -0.05) is 38.1 Å². The van der Waals surface area contributed by atoms with Crippen molar-refractivity contribution < 1.29 is 0 Å². The van der Waals surface area contributed by atoms with Gasteiger partial charge in [0, 0.05) is 10.8 Å². The van der Waals surface area contributed by atoms with E-state index in [1.807, 2.05) is 39.3 Å². The molecule has 0 saturated heterocycles. The van der Waals surface area contributed by atoms with Gasteiger partial charge in [0.1, 0.15) is 5.65 Å². The van der Waals surface area contributed by atoms with Crippen LogP contribution in [0.2, 0.25) is 5.28 Å². The number of hydrogen-bond acceptors (Lipinski definition) is 5. The third-order valence-electron chi connectivity index (χ3n) is 4.43. The van der Waals surface area contributed by atoms with Crippen LogP contribution in [0.5, 0.6) is 0 Å². The van der Waals surface area contributed by atoms with Crippen LogP contribution < -0.4 is 0 Å². The van der Waals surface area contributed by atoms with Crippen molar-refractivity contribution in [2.75, 3.05) is 0 Å². The first kappa shape index (κ1) is 15.3. The third-order valence-corrected chi connectivity index (χ3v) is 4.69. The molecule has 5 aromatic rings. The van der Waals surface area contributed by atoms with Crippen molar-refractivity contribution in [1.82, 2.24) is 39.0 Å². The van der Waals surface area contributed by atoms with Crippen molar-refractivity contribution >= 4 is 33.8 Å². The first-order chi connectivity index (χ1) is 12.4. The second-order valence-corrected chi connectivity index (χ2v) is 7.53. The van der Waals surface area contributed by atoms with Crippen molar-refractivity contribution in [3.8, 4) is 5.95 Å². The Morgan fingerprint density at radius 1 is 1.00 bits per heavy atom. The van der Waals surface area contributed by atoms with Crippen LogP contribution in [0.15, 0.2) is 36.7 Å². The molecule has 0 bridgehead atoms. The molecule has 0 spiro atoms. The summed E-state index contributed by atoms with van der Waals surface area (Å²) < 4.78 is 5.40. The predicted molar refractivity (Wildman–Crippen MR) is 97.9 cm³/mol. The van der Waals surface area contributed by atoms with Gasteiger partial charge in [0.25, 0.3) is 5.95 Å². The summed E-state index contributed by atoms with van der Waals surface area (Å²) in [4.78, 5) is 4.26. The standard InChI is InChI=1S/C17H15ClN8/c1-17(2,3)12-9-24(23-20-12)16-22-21-14-10-6-4-5-7-11(10)25-13(26(14)16)8-19-15(25)18/h4-9H,1-3H3. The summed E-state index contributed by atoms with van der Waals surface area (Å²) in [6, 6.07) is 7.89. The molecule has 0 fully saturated rings. The summed E-state index contributed by atoms with van der Waals surface area (Å²) in [7, 11) is 0. The molecule has 1 aromatic carbocycles. The predicted octanol–water partition coefficient (Wildman–Crippen LogP) is 3.06. The smallest absolute Gasteiger partial charge is 0.259 e. The fourth-order valence-electron chi connectivity index (χ4n) is 3.07. The van der Waals surface area contributed by atoms with Gasteiger partial charge in [-0.15, -0.1) is 15.3 Å². The number of imidazole rings is 1. The van der Waals surface area contributed by atoms with Gasteiger partial charge in [-0.25, -0.2) is 9.38 Å². The van der Waals surface area contributed by atoms with Gasteiger partial charge in [-0.3, -0.25) is 4.40 Å². The van der Waals surface area contributed by atoms with E-state index >= 15 is 0 Å². The number of fused-ring (bicyclic) bond motifs is 6. The van der Waals surface area contributed by atoms with Crippen LogP contribution >= 0.6 is 11.6 Å². The molecule has 9 heteroatoms. The zero-order chi connectivity index (χ0) is 18.1. The molecule has 0 aliphatic carbocycles. The average Bonchev–Trinajstić information content (AvgIpc) is 3.31. The fourth-order valence-corrected chi connectivity index (χ4v) is 3.30. The normalized spacial score (nSPS) is 12.6. The Bertz CT molecular complexity index is 1290. The maximum Gasteiger partial charge on any atom is 0.259 e. The Morgan fingerprint density at radius 2 is 1.81 bits per heavy atom. The van der Waals surface area contributed by atoms with Crippen molar-refractivity contribution in [3.05, 3.63) is 47.6 Å². The molecular formula is C17H15ClN8. The molecule has 26 heavy (non-hydrogen) atoms.